The molecule has 0 fully saturated rings. The highest BCUT2D eigenvalue weighted by molar-refractivity contribution is 5.77. The number of nitrogens with zero attached hydrogens (tertiary/aromatic N) is 2. The van der Waals surface area contributed by atoms with Crippen LogP contribution in [-0.2, 0) is 0 Å². The molecule has 0 bridgehead atoms. The molecule has 1 heterocycles. The molecule has 0 aliphatic heterocycles. The smallest absolute Gasteiger partial charge is 0.219 e. The standard InChI is InChI=1S/C7H13N5O/c1-4-3-10-6(13-4)5(2)11-7(8)12-9/h3,5H,9H2,1-2H3,(H3,8,11,12). The van der Waals surface area contributed by atoms with Gasteiger partial charge in [-0.3, -0.25) is 5.43 Å². The summed E-state index contributed by atoms with van der Waals surface area (Å²) < 4.78 is 5.25. The van der Waals surface area contributed by atoms with Crippen LogP contribution >= 0.6 is 0 Å². The molecule has 72 valence electrons. The molecule has 1 unspecified atom stereocenters. The summed E-state index contributed by atoms with van der Waals surface area (Å²) in [4.78, 5) is 7.99. The fourth-order valence-corrected chi connectivity index (χ4v) is 0.866. The van der Waals surface area contributed by atoms with E-state index in [0.717, 1.165) is 5.76 Å². The van der Waals surface area contributed by atoms with Crippen LogP contribution in [-0.4, -0.2) is 10.9 Å². The van der Waals surface area contributed by atoms with Gasteiger partial charge in [0.05, 0.1) is 6.20 Å². The van der Waals surface area contributed by atoms with Crippen LogP contribution in [0.3, 0.4) is 0 Å². The summed E-state index contributed by atoms with van der Waals surface area (Å²) in [5.41, 5.74) is 7.59. The van der Waals surface area contributed by atoms with E-state index in [1.165, 1.54) is 0 Å². The number of nitrogens with one attached hydrogen (secondary N) is 1. The Morgan fingerprint density at radius 1 is 1.77 bits per heavy atom. The lowest BCUT2D eigenvalue weighted by Gasteiger charge is -2.02. The first-order chi connectivity index (χ1) is 6.13. The molecule has 6 nitrogen and oxygen atoms in total. The molecule has 0 saturated carbocycles. The zero-order valence-corrected chi connectivity index (χ0v) is 7.61. The topological polar surface area (TPSA) is 102 Å². The van der Waals surface area contributed by atoms with Gasteiger partial charge < -0.3 is 10.2 Å². The third-order valence-electron chi connectivity index (χ3n) is 1.48. The van der Waals surface area contributed by atoms with Gasteiger partial charge in [0.1, 0.15) is 11.8 Å². The molecular weight excluding hydrogens is 170 g/mol. The molecule has 13 heavy (non-hydrogen) atoms. The summed E-state index contributed by atoms with van der Waals surface area (Å²) in [6.07, 6.45) is 1.63. The predicted octanol–water partition coefficient (Wildman–Crippen LogP) is -0.178. The van der Waals surface area contributed by atoms with Crippen molar-refractivity contribution in [3.63, 3.8) is 0 Å². The number of nitrogens with two attached hydrogens (primary N) is 2. The van der Waals surface area contributed by atoms with Crippen molar-refractivity contribution < 1.29 is 4.42 Å². The molecule has 0 amide bonds. The van der Waals surface area contributed by atoms with E-state index < -0.39 is 0 Å². The second-order valence-corrected chi connectivity index (χ2v) is 2.64. The SMILES string of the molecule is Cc1cnc(C(C)N=C(N)NN)o1. The van der Waals surface area contributed by atoms with Gasteiger partial charge >= 0.3 is 0 Å². The quantitative estimate of drug-likeness (QED) is 0.255. The van der Waals surface area contributed by atoms with Gasteiger partial charge in [-0.15, -0.1) is 0 Å². The fraction of sp³-hybridized carbons (Fsp3) is 0.429. The van der Waals surface area contributed by atoms with Gasteiger partial charge in [0.2, 0.25) is 11.9 Å². The van der Waals surface area contributed by atoms with Gasteiger partial charge in [-0.2, -0.15) is 0 Å². The van der Waals surface area contributed by atoms with Crippen LogP contribution in [0.25, 0.3) is 0 Å². The fourth-order valence-electron chi connectivity index (χ4n) is 0.866. The van der Waals surface area contributed by atoms with Crippen molar-refractivity contribution in [2.45, 2.75) is 19.9 Å². The number of hydrogen-bond donors (Lipinski definition) is 3. The number of hydrazine groups is 1. The maximum atomic E-state index is 5.36. The van der Waals surface area contributed by atoms with Gasteiger partial charge in [0, 0.05) is 0 Å². The number of aryl methyl sites for hydroxylation is 1. The molecule has 0 saturated heterocycles. The van der Waals surface area contributed by atoms with Crippen molar-refractivity contribution in [1.82, 2.24) is 10.4 Å². The first kappa shape index (κ1) is 9.53. The number of aromatic nitrogens is 1. The Bertz CT molecular complexity index is 306. The molecule has 0 radical (unpaired) electrons. The molecule has 1 atom stereocenters. The van der Waals surface area contributed by atoms with E-state index in [-0.39, 0.29) is 12.0 Å². The molecule has 1 rings (SSSR count). The molecule has 5 N–H and O–H groups in total. The molecule has 0 spiro atoms. The van der Waals surface area contributed by atoms with Crippen molar-refractivity contribution in [3.8, 4) is 0 Å². The lowest BCUT2D eigenvalue weighted by atomic mass is 10.4. The third-order valence-corrected chi connectivity index (χ3v) is 1.48. The summed E-state index contributed by atoms with van der Waals surface area (Å²) >= 11 is 0. The van der Waals surface area contributed by atoms with Gasteiger partial charge in [0.25, 0.3) is 0 Å². The van der Waals surface area contributed by atoms with Crippen LogP contribution in [0.15, 0.2) is 15.6 Å². The second-order valence-electron chi connectivity index (χ2n) is 2.64. The Kier molecular flexibility index (Phi) is 2.86. The highest BCUT2D eigenvalue weighted by atomic mass is 16.4. The normalized spacial score (nSPS) is 14.2. The van der Waals surface area contributed by atoms with Crippen molar-refractivity contribution in [2.24, 2.45) is 16.6 Å². The minimum Gasteiger partial charge on any atom is -0.444 e. The Hall–Kier alpha value is -1.56. The van der Waals surface area contributed by atoms with E-state index in [1.807, 2.05) is 13.8 Å². The van der Waals surface area contributed by atoms with E-state index in [1.54, 1.807) is 6.20 Å². The first-order valence-corrected chi connectivity index (χ1v) is 3.85. The molecule has 1 aromatic heterocycles. The minimum atomic E-state index is -0.232. The largest absolute Gasteiger partial charge is 0.444 e. The van der Waals surface area contributed by atoms with Crippen molar-refractivity contribution in [1.29, 1.82) is 0 Å². The summed E-state index contributed by atoms with van der Waals surface area (Å²) in [7, 11) is 0. The molecule has 0 aromatic carbocycles. The van der Waals surface area contributed by atoms with E-state index in [0.29, 0.717) is 5.89 Å². The second kappa shape index (κ2) is 3.90. The minimum absolute atomic E-state index is 0.156. The van der Waals surface area contributed by atoms with Crippen LogP contribution in [0, 0.1) is 6.92 Å². The zero-order chi connectivity index (χ0) is 9.84. The van der Waals surface area contributed by atoms with Crippen LogP contribution in [0.4, 0.5) is 0 Å². The van der Waals surface area contributed by atoms with Gasteiger partial charge in [-0.05, 0) is 13.8 Å². The Balaban J connectivity index is 2.74. The number of rotatable bonds is 2. The maximum absolute atomic E-state index is 5.36. The maximum Gasteiger partial charge on any atom is 0.219 e. The average molecular weight is 183 g/mol. The van der Waals surface area contributed by atoms with Crippen LogP contribution in [0.2, 0.25) is 0 Å². The van der Waals surface area contributed by atoms with Gasteiger partial charge in [-0.1, -0.05) is 0 Å². The van der Waals surface area contributed by atoms with Crippen LogP contribution in [0.1, 0.15) is 24.6 Å². The molecule has 0 aliphatic carbocycles. The Labute approximate surface area is 76.0 Å². The summed E-state index contributed by atoms with van der Waals surface area (Å²) in [6.45, 7) is 3.63. The van der Waals surface area contributed by atoms with Crippen LogP contribution in [0.5, 0.6) is 0 Å². The van der Waals surface area contributed by atoms with E-state index in [2.05, 4.69) is 15.4 Å². The van der Waals surface area contributed by atoms with Gasteiger partial charge in [0.15, 0.2) is 0 Å². The number of oxazole rings is 1. The van der Waals surface area contributed by atoms with E-state index in [4.69, 9.17) is 16.0 Å². The Morgan fingerprint density at radius 3 is 2.92 bits per heavy atom. The Morgan fingerprint density at radius 2 is 2.46 bits per heavy atom. The summed E-state index contributed by atoms with van der Waals surface area (Å²) in [6, 6.07) is -0.232. The highest BCUT2D eigenvalue weighted by Gasteiger charge is 2.09. The van der Waals surface area contributed by atoms with Crippen molar-refractivity contribution >= 4 is 5.96 Å². The van der Waals surface area contributed by atoms with E-state index in [9.17, 15) is 0 Å². The number of hydrogen-bond acceptors (Lipinski definition) is 4. The lowest BCUT2D eigenvalue weighted by molar-refractivity contribution is 0.444. The molecule has 0 aliphatic rings. The summed E-state index contributed by atoms with van der Waals surface area (Å²) in [5.74, 6) is 6.47. The highest BCUT2D eigenvalue weighted by Crippen LogP contribution is 2.15. The van der Waals surface area contributed by atoms with E-state index >= 15 is 0 Å². The number of aliphatic imine (C=N–C) groups is 1. The monoisotopic (exact) mass is 183 g/mol. The average Bonchev–Trinajstić information content (AvgIpc) is 2.51. The van der Waals surface area contributed by atoms with Crippen molar-refractivity contribution in [3.05, 3.63) is 17.8 Å². The zero-order valence-electron chi connectivity index (χ0n) is 7.61. The third kappa shape index (κ3) is 2.45. The van der Waals surface area contributed by atoms with Crippen LogP contribution < -0.4 is 17.0 Å². The number of guanidine groups is 1. The summed E-state index contributed by atoms with van der Waals surface area (Å²) in [5, 5.41) is 0. The lowest BCUT2D eigenvalue weighted by Crippen LogP contribution is -2.37. The molecule has 1 aromatic rings. The molecule has 6 heteroatoms. The predicted molar refractivity (Wildman–Crippen MR) is 48.6 cm³/mol. The first-order valence-electron chi connectivity index (χ1n) is 3.85. The van der Waals surface area contributed by atoms with Crippen molar-refractivity contribution in [2.75, 3.05) is 0 Å². The molecular formula is C7H13N5O. The van der Waals surface area contributed by atoms with Gasteiger partial charge in [-0.25, -0.2) is 15.8 Å².